The minimum atomic E-state index is -4.41. The van der Waals surface area contributed by atoms with E-state index in [9.17, 15) is 18.0 Å². The van der Waals surface area contributed by atoms with E-state index >= 15 is 0 Å². The van der Waals surface area contributed by atoms with E-state index in [1.807, 2.05) is 0 Å². The van der Waals surface area contributed by atoms with E-state index in [1.54, 1.807) is 6.92 Å². The van der Waals surface area contributed by atoms with Gasteiger partial charge in [0.2, 0.25) is 0 Å². The minimum Gasteiger partial charge on any atom is -0.461 e. The third kappa shape index (κ3) is 6.71. The molecule has 0 bridgehead atoms. The number of hydrogen-bond donors (Lipinski definition) is 0. The van der Waals surface area contributed by atoms with Crippen LogP contribution in [0.1, 0.15) is 43.7 Å². The molecular weight excluding hydrogens is 361 g/mol. The predicted octanol–water partition coefficient (Wildman–Crippen LogP) is 4.89. The Bertz CT molecular complexity index is 687. The van der Waals surface area contributed by atoms with Crippen LogP contribution in [0, 0.1) is 0 Å². The fourth-order valence-corrected chi connectivity index (χ4v) is 2.28. The van der Waals surface area contributed by atoms with Gasteiger partial charge in [0.1, 0.15) is 0 Å². The number of aromatic nitrogens is 1. The first-order valence-electron chi connectivity index (χ1n) is 8.78. The lowest BCUT2D eigenvalue weighted by Gasteiger charge is -2.13. The fourth-order valence-electron chi connectivity index (χ4n) is 2.28. The van der Waals surface area contributed by atoms with Crippen LogP contribution >= 0.6 is 0 Å². The number of halogens is 3. The topological polar surface area (TPSA) is 55.6 Å². The van der Waals surface area contributed by atoms with E-state index in [2.05, 4.69) is 30.7 Å². The second-order valence-corrected chi connectivity index (χ2v) is 5.45. The first kappa shape index (κ1) is 22.7. The lowest BCUT2D eigenvalue weighted by Crippen LogP contribution is -2.21. The number of carbonyl (C=O) groups is 1. The van der Waals surface area contributed by atoms with Gasteiger partial charge < -0.3 is 14.1 Å². The monoisotopic (exact) mass is 386 g/mol. The van der Waals surface area contributed by atoms with Gasteiger partial charge in [0.25, 0.3) is 0 Å². The van der Waals surface area contributed by atoms with Crippen LogP contribution in [0.3, 0.4) is 0 Å². The molecule has 2 rings (SSSR count). The van der Waals surface area contributed by atoms with Crippen molar-refractivity contribution in [1.29, 1.82) is 0 Å². The number of oxazole rings is 1. The van der Waals surface area contributed by atoms with Crippen LogP contribution in [0.15, 0.2) is 35.1 Å². The third-order valence-electron chi connectivity index (χ3n) is 3.85. The molecular formula is C19H25F3N2O3. The zero-order valence-corrected chi connectivity index (χ0v) is 16.0. The molecule has 0 saturated carbocycles. The van der Waals surface area contributed by atoms with E-state index in [0.29, 0.717) is 5.56 Å². The molecule has 0 spiro atoms. The molecule has 1 aromatic carbocycles. The van der Waals surface area contributed by atoms with Crippen molar-refractivity contribution in [2.24, 2.45) is 0 Å². The van der Waals surface area contributed by atoms with E-state index < -0.39 is 17.7 Å². The number of alkyl halides is 3. The predicted molar refractivity (Wildman–Crippen MR) is 96.4 cm³/mol. The molecule has 8 heteroatoms. The molecule has 1 heterocycles. The second-order valence-electron chi connectivity index (χ2n) is 5.45. The molecule has 2 aromatic rings. The Morgan fingerprint density at radius 1 is 1.07 bits per heavy atom. The van der Waals surface area contributed by atoms with Crippen molar-refractivity contribution in [3.8, 4) is 11.3 Å². The summed E-state index contributed by atoms with van der Waals surface area (Å²) in [7, 11) is 0. The molecule has 5 nitrogen and oxygen atoms in total. The summed E-state index contributed by atoms with van der Waals surface area (Å²) < 4.78 is 47.2. The van der Waals surface area contributed by atoms with E-state index in [4.69, 9.17) is 9.15 Å². The number of hydrogen-bond acceptors (Lipinski definition) is 5. The Labute approximate surface area is 157 Å². The van der Waals surface area contributed by atoms with Crippen molar-refractivity contribution in [2.45, 2.75) is 33.9 Å². The van der Waals surface area contributed by atoms with E-state index in [-0.39, 0.29) is 18.1 Å². The van der Waals surface area contributed by atoms with Gasteiger partial charge in [-0.2, -0.15) is 13.2 Å². The highest BCUT2D eigenvalue weighted by Crippen LogP contribution is 2.31. The van der Waals surface area contributed by atoms with Crippen LogP contribution in [0.5, 0.6) is 0 Å². The normalized spacial score (nSPS) is 11.1. The molecule has 0 aliphatic rings. The zero-order valence-electron chi connectivity index (χ0n) is 16.0. The standard InChI is InChI=1S/C13H10F3NO3.C6H15N/c1-2-19-12(18)10-11(20-7-17-10)8-3-5-9(6-4-8)13(14,15)16;1-4-7(5-2)6-3/h3-7H,2H2,1H3;4-6H2,1-3H3. The van der Waals surface area contributed by atoms with Crippen molar-refractivity contribution in [3.63, 3.8) is 0 Å². The highest BCUT2D eigenvalue weighted by Gasteiger charge is 2.30. The molecule has 150 valence electrons. The summed E-state index contributed by atoms with van der Waals surface area (Å²) in [6, 6.07) is 4.25. The Morgan fingerprint density at radius 2 is 1.63 bits per heavy atom. The molecule has 27 heavy (non-hydrogen) atoms. The Morgan fingerprint density at radius 3 is 2.04 bits per heavy atom. The van der Waals surface area contributed by atoms with Gasteiger partial charge in [0.15, 0.2) is 17.8 Å². The van der Waals surface area contributed by atoms with Crippen LogP contribution in [0.2, 0.25) is 0 Å². The number of rotatable bonds is 6. The Kier molecular flexibility index (Phi) is 9.00. The van der Waals surface area contributed by atoms with Gasteiger partial charge in [0.05, 0.1) is 12.2 Å². The van der Waals surface area contributed by atoms with Crippen molar-refractivity contribution in [3.05, 3.63) is 41.9 Å². The van der Waals surface area contributed by atoms with E-state index in [0.717, 1.165) is 18.5 Å². The van der Waals surface area contributed by atoms with Crippen molar-refractivity contribution >= 4 is 5.97 Å². The van der Waals surface area contributed by atoms with Gasteiger partial charge >= 0.3 is 12.1 Å². The maximum absolute atomic E-state index is 12.5. The van der Waals surface area contributed by atoms with Crippen LogP contribution in [-0.2, 0) is 10.9 Å². The van der Waals surface area contributed by atoms with Crippen LogP contribution in [0.4, 0.5) is 13.2 Å². The molecule has 0 atom stereocenters. The van der Waals surface area contributed by atoms with Gasteiger partial charge in [-0.3, -0.25) is 0 Å². The third-order valence-corrected chi connectivity index (χ3v) is 3.85. The summed E-state index contributed by atoms with van der Waals surface area (Å²) in [5, 5.41) is 0. The van der Waals surface area contributed by atoms with Gasteiger partial charge in [0, 0.05) is 5.56 Å². The molecule has 0 radical (unpaired) electrons. The van der Waals surface area contributed by atoms with Crippen molar-refractivity contribution in [2.75, 3.05) is 26.2 Å². The lowest BCUT2D eigenvalue weighted by molar-refractivity contribution is -0.137. The first-order valence-corrected chi connectivity index (χ1v) is 8.78. The summed E-state index contributed by atoms with van der Waals surface area (Å²) in [6.07, 6.45) is -3.37. The lowest BCUT2D eigenvalue weighted by atomic mass is 10.1. The molecule has 0 aliphatic carbocycles. The summed E-state index contributed by atoms with van der Waals surface area (Å²) >= 11 is 0. The average Bonchev–Trinajstić information content (AvgIpc) is 3.13. The van der Waals surface area contributed by atoms with Crippen molar-refractivity contribution < 1.29 is 27.1 Å². The Balaban J connectivity index is 0.000000445. The number of benzene rings is 1. The number of ether oxygens (including phenoxy) is 1. The summed E-state index contributed by atoms with van der Waals surface area (Å²) in [6.45, 7) is 11.9. The highest BCUT2D eigenvalue weighted by molar-refractivity contribution is 5.93. The summed E-state index contributed by atoms with van der Waals surface area (Å²) in [5.41, 5.74) is -0.524. The molecule has 0 saturated heterocycles. The van der Waals surface area contributed by atoms with Gasteiger partial charge in [-0.05, 0) is 38.7 Å². The maximum Gasteiger partial charge on any atom is 0.416 e. The van der Waals surface area contributed by atoms with Crippen LogP contribution in [-0.4, -0.2) is 42.1 Å². The maximum atomic E-state index is 12.5. The number of nitrogens with zero attached hydrogens (tertiary/aromatic N) is 2. The van der Waals surface area contributed by atoms with Gasteiger partial charge in [-0.15, -0.1) is 0 Å². The van der Waals surface area contributed by atoms with Crippen molar-refractivity contribution in [1.82, 2.24) is 9.88 Å². The van der Waals surface area contributed by atoms with Crippen LogP contribution in [0.25, 0.3) is 11.3 Å². The van der Waals surface area contributed by atoms with Gasteiger partial charge in [-0.25, -0.2) is 9.78 Å². The molecule has 0 aliphatic heterocycles. The van der Waals surface area contributed by atoms with Gasteiger partial charge in [-0.1, -0.05) is 32.9 Å². The smallest absolute Gasteiger partial charge is 0.416 e. The van der Waals surface area contributed by atoms with Crippen LogP contribution < -0.4 is 0 Å². The fraction of sp³-hybridized carbons (Fsp3) is 0.474. The molecule has 0 fully saturated rings. The average molecular weight is 386 g/mol. The van der Waals surface area contributed by atoms with E-state index in [1.165, 1.54) is 31.8 Å². The first-order chi connectivity index (χ1) is 12.8. The highest BCUT2D eigenvalue weighted by atomic mass is 19.4. The second kappa shape index (κ2) is 10.7. The molecule has 0 amide bonds. The quantitative estimate of drug-likeness (QED) is 0.662. The summed E-state index contributed by atoms with van der Waals surface area (Å²) in [4.78, 5) is 17.7. The Hall–Kier alpha value is -2.35. The molecule has 0 N–H and O–H groups in total. The molecule has 0 unspecified atom stereocenters. The zero-order chi connectivity index (χ0) is 20.4. The SMILES string of the molecule is CCN(CC)CC.CCOC(=O)c1ncoc1-c1ccc(C(F)(F)F)cc1. The summed E-state index contributed by atoms with van der Waals surface area (Å²) in [5.74, 6) is -0.603. The minimum absolute atomic E-state index is 0.0633. The number of carbonyl (C=O) groups excluding carboxylic acids is 1. The largest absolute Gasteiger partial charge is 0.461 e. The number of esters is 1. The molecule has 1 aromatic heterocycles.